The van der Waals surface area contributed by atoms with Gasteiger partial charge in [0, 0.05) is 33.7 Å². The number of allylic oxidation sites excluding steroid dienone is 1. The lowest BCUT2D eigenvalue weighted by molar-refractivity contribution is 0.251. The molecule has 0 saturated carbocycles. The molecule has 1 aliphatic carbocycles. The average molecular weight is 344 g/mol. The van der Waals surface area contributed by atoms with E-state index in [1.807, 2.05) is 0 Å². The third kappa shape index (κ3) is 4.78. The summed E-state index contributed by atoms with van der Waals surface area (Å²) in [6.45, 7) is 7.96. The Balaban J connectivity index is 1.73. The Morgan fingerprint density at radius 2 is 1.87 bits per heavy atom. The van der Waals surface area contributed by atoms with Crippen molar-refractivity contribution in [2.75, 3.05) is 40.3 Å². The van der Waals surface area contributed by atoms with E-state index in [4.69, 9.17) is 0 Å². The first-order chi connectivity index (χ1) is 10.8. The molecule has 2 atom stereocenters. The van der Waals surface area contributed by atoms with Crippen LogP contribution in [0.25, 0.3) is 0 Å². The molecule has 0 aromatic rings. The van der Waals surface area contributed by atoms with Gasteiger partial charge in [-0.05, 0) is 56.9 Å². The SMILES string of the molecule is CC1=CCCC(C)C1CNCC1CCN(S(=O)(=O)N(C)C)CC1. The number of hydrogen-bond acceptors (Lipinski definition) is 3. The molecule has 23 heavy (non-hydrogen) atoms. The highest BCUT2D eigenvalue weighted by Crippen LogP contribution is 2.29. The topological polar surface area (TPSA) is 52.7 Å². The van der Waals surface area contributed by atoms with Gasteiger partial charge < -0.3 is 5.32 Å². The summed E-state index contributed by atoms with van der Waals surface area (Å²) in [6.07, 6.45) is 6.81. The van der Waals surface area contributed by atoms with Gasteiger partial charge in [-0.1, -0.05) is 18.6 Å². The quantitative estimate of drug-likeness (QED) is 0.751. The number of nitrogens with zero attached hydrogens (tertiary/aromatic N) is 2. The molecule has 0 bridgehead atoms. The second kappa shape index (κ2) is 8.10. The minimum Gasteiger partial charge on any atom is -0.316 e. The van der Waals surface area contributed by atoms with Crippen molar-refractivity contribution in [2.24, 2.45) is 17.8 Å². The van der Waals surface area contributed by atoms with Crippen LogP contribution in [-0.4, -0.2) is 57.3 Å². The number of piperidine rings is 1. The Morgan fingerprint density at radius 3 is 2.43 bits per heavy atom. The molecule has 0 aromatic heterocycles. The van der Waals surface area contributed by atoms with E-state index in [0.717, 1.165) is 31.8 Å². The van der Waals surface area contributed by atoms with E-state index in [1.165, 1.54) is 22.7 Å². The van der Waals surface area contributed by atoms with Gasteiger partial charge in [-0.15, -0.1) is 0 Å². The summed E-state index contributed by atoms with van der Waals surface area (Å²) >= 11 is 0. The van der Waals surface area contributed by atoms with Crippen molar-refractivity contribution in [1.29, 1.82) is 0 Å². The van der Waals surface area contributed by atoms with Crippen LogP contribution in [-0.2, 0) is 10.2 Å². The van der Waals surface area contributed by atoms with Gasteiger partial charge in [0.15, 0.2) is 0 Å². The molecule has 134 valence electrons. The maximum absolute atomic E-state index is 12.1. The molecule has 1 saturated heterocycles. The molecule has 0 aromatic carbocycles. The molecule has 1 heterocycles. The summed E-state index contributed by atoms with van der Waals surface area (Å²) in [5.74, 6) is 2.02. The molecule has 2 aliphatic rings. The molecule has 1 aliphatic heterocycles. The minimum atomic E-state index is -3.24. The van der Waals surface area contributed by atoms with Crippen molar-refractivity contribution in [1.82, 2.24) is 13.9 Å². The molecule has 5 nitrogen and oxygen atoms in total. The van der Waals surface area contributed by atoms with Gasteiger partial charge in [0.2, 0.25) is 0 Å². The van der Waals surface area contributed by atoms with Gasteiger partial charge in [0.05, 0.1) is 0 Å². The third-order valence-corrected chi connectivity index (χ3v) is 7.46. The smallest absolute Gasteiger partial charge is 0.281 e. The van der Waals surface area contributed by atoms with Crippen LogP contribution in [0.15, 0.2) is 11.6 Å². The van der Waals surface area contributed by atoms with Crippen LogP contribution in [0.5, 0.6) is 0 Å². The van der Waals surface area contributed by atoms with E-state index in [-0.39, 0.29) is 0 Å². The number of rotatable bonds is 6. The van der Waals surface area contributed by atoms with Crippen molar-refractivity contribution in [3.8, 4) is 0 Å². The van der Waals surface area contributed by atoms with Gasteiger partial charge in [-0.2, -0.15) is 17.0 Å². The fourth-order valence-electron chi connectivity index (χ4n) is 3.76. The summed E-state index contributed by atoms with van der Waals surface area (Å²) in [4.78, 5) is 0. The summed E-state index contributed by atoms with van der Waals surface area (Å²) in [5.41, 5.74) is 1.53. The number of hydrogen-bond donors (Lipinski definition) is 1. The summed E-state index contributed by atoms with van der Waals surface area (Å²) < 4.78 is 27.2. The highest BCUT2D eigenvalue weighted by molar-refractivity contribution is 7.86. The molecule has 0 amide bonds. The zero-order valence-corrected chi connectivity index (χ0v) is 15.9. The average Bonchev–Trinajstić information content (AvgIpc) is 2.50. The van der Waals surface area contributed by atoms with E-state index in [9.17, 15) is 8.42 Å². The van der Waals surface area contributed by atoms with Gasteiger partial charge in [-0.25, -0.2) is 0 Å². The Labute approximate surface area is 142 Å². The van der Waals surface area contributed by atoms with Crippen molar-refractivity contribution < 1.29 is 8.42 Å². The first kappa shape index (κ1) is 18.9. The molecule has 2 unspecified atom stereocenters. The Morgan fingerprint density at radius 1 is 1.22 bits per heavy atom. The molecule has 2 rings (SSSR count). The lowest BCUT2D eigenvalue weighted by Gasteiger charge is -2.34. The van der Waals surface area contributed by atoms with Crippen molar-refractivity contribution in [2.45, 2.75) is 39.5 Å². The van der Waals surface area contributed by atoms with E-state index >= 15 is 0 Å². The fourth-order valence-corrected chi connectivity index (χ4v) is 4.89. The lowest BCUT2D eigenvalue weighted by atomic mass is 9.80. The van der Waals surface area contributed by atoms with Gasteiger partial charge in [0.25, 0.3) is 10.2 Å². The van der Waals surface area contributed by atoms with E-state index < -0.39 is 10.2 Å². The predicted molar refractivity (Wildman–Crippen MR) is 95.4 cm³/mol. The van der Waals surface area contributed by atoms with Crippen LogP contribution in [0.2, 0.25) is 0 Å². The molecule has 0 spiro atoms. The Hall–Kier alpha value is -0.430. The molecule has 1 fully saturated rings. The lowest BCUT2D eigenvalue weighted by Crippen LogP contribution is -2.45. The van der Waals surface area contributed by atoms with Crippen molar-refractivity contribution in [3.63, 3.8) is 0 Å². The normalized spacial score (nSPS) is 28.1. The van der Waals surface area contributed by atoms with Crippen LogP contribution in [0.1, 0.15) is 39.5 Å². The second-order valence-electron chi connectivity index (χ2n) is 7.40. The second-order valence-corrected chi connectivity index (χ2v) is 9.54. The largest absolute Gasteiger partial charge is 0.316 e. The maximum Gasteiger partial charge on any atom is 0.281 e. The van der Waals surface area contributed by atoms with Gasteiger partial charge >= 0.3 is 0 Å². The van der Waals surface area contributed by atoms with E-state index in [0.29, 0.717) is 24.9 Å². The Bertz CT molecular complexity index is 508. The van der Waals surface area contributed by atoms with Crippen LogP contribution < -0.4 is 5.32 Å². The van der Waals surface area contributed by atoms with Gasteiger partial charge in [0.1, 0.15) is 0 Å². The Kier molecular flexibility index (Phi) is 6.66. The van der Waals surface area contributed by atoms with E-state index in [2.05, 4.69) is 25.2 Å². The highest BCUT2D eigenvalue weighted by atomic mass is 32.2. The van der Waals surface area contributed by atoms with Crippen LogP contribution >= 0.6 is 0 Å². The zero-order chi connectivity index (χ0) is 17.0. The minimum absolute atomic E-state index is 0.590. The monoisotopic (exact) mass is 343 g/mol. The van der Waals surface area contributed by atoms with Crippen LogP contribution in [0, 0.1) is 17.8 Å². The van der Waals surface area contributed by atoms with Crippen LogP contribution in [0.4, 0.5) is 0 Å². The third-order valence-electron chi connectivity index (χ3n) is 5.52. The maximum atomic E-state index is 12.1. The predicted octanol–water partition coefficient (Wildman–Crippen LogP) is 2.09. The summed E-state index contributed by atoms with van der Waals surface area (Å²) in [6, 6.07) is 0. The van der Waals surface area contributed by atoms with Gasteiger partial charge in [-0.3, -0.25) is 0 Å². The molecular weight excluding hydrogens is 310 g/mol. The zero-order valence-electron chi connectivity index (χ0n) is 15.1. The first-order valence-electron chi connectivity index (χ1n) is 8.87. The number of nitrogens with one attached hydrogen (secondary N) is 1. The van der Waals surface area contributed by atoms with Crippen molar-refractivity contribution >= 4 is 10.2 Å². The molecule has 1 N–H and O–H groups in total. The highest BCUT2D eigenvalue weighted by Gasteiger charge is 2.29. The van der Waals surface area contributed by atoms with Crippen LogP contribution in [0.3, 0.4) is 0 Å². The fraction of sp³-hybridized carbons (Fsp3) is 0.882. The molecular formula is C17H33N3O2S. The van der Waals surface area contributed by atoms with E-state index in [1.54, 1.807) is 18.4 Å². The van der Waals surface area contributed by atoms with Crippen molar-refractivity contribution in [3.05, 3.63) is 11.6 Å². The molecule has 6 heteroatoms. The summed E-state index contributed by atoms with van der Waals surface area (Å²) in [7, 11) is -0.0341. The summed E-state index contributed by atoms with van der Waals surface area (Å²) in [5, 5.41) is 3.64. The first-order valence-corrected chi connectivity index (χ1v) is 10.3. The molecule has 0 radical (unpaired) electrons. The standard InChI is InChI=1S/C17H33N3O2S/c1-14-6-5-7-15(2)17(14)13-18-12-16-8-10-20(11-9-16)23(21,22)19(3)4/h6,15-18H,5,7-13H2,1-4H3.